The van der Waals surface area contributed by atoms with Crippen molar-refractivity contribution >= 4 is 17.7 Å². The van der Waals surface area contributed by atoms with Gasteiger partial charge in [0.1, 0.15) is 0 Å². The summed E-state index contributed by atoms with van der Waals surface area (Å²) in [7, 11) is 0. The van der Waals surface area contributed by atoms with E-state index in [4.69, 9.17) is 4.42 Å². The van der Waals surface area contributed by atoms with Gasteiger partial charge in [0.15, 0.2) is 10.9 Å². The normalized spacial score (nSPS) is 16.5. The summed E-state index contributed by atoms with van der Waals surface area (Å²) in [5.41, 5.74) is 0. The lowest BCUT2D eigenvalue weighted by Gasteiger charge is -2.25. The maximum Gasteiger partial charge on any atom is 0.233 e. The number of hydrogen-bond acceptors (Lipinski definition) is 5. The molecule has 0 radical (unpaired) electrons. The van der Waals surface area contributed by atoms with Crippen LogP contribution in [0.5, 0.6) is 0 Å². The molecule has 1 aliphatic carbocycles. The fourth-order valence-corrected chi connectivity index (χ4v) is 4.07. The number of carbonyl (C=O) groups is 1. The quantitative estimate of drug-likeness (QED) is 0.600. The van der Waals surface area contributed by atoms with E-state index < -0.39 is 0 Å². The predicted molar refractivity (Wildman–Crippen MR) is 98.4 cm³/mol. The predicted octanol–water partition coefficient (Wildman–Crippen LogP) is 3.83. The highest BCUT2D eigenvalue weighted by molar-refractivity contribution is 8.00. The highest BCUT2D eigenvalue weighted by Gasteiger charge is 2.27. The molecule has 0 aliphatic heterocycles. The average Bonchev–Trinajstić information content (AvgIpc) is 3.29. The van der Waals surface area contributed by atoms with E-state index in [1.54, 1.807) is 12.3 Å². The Hall–Kier alpha value is -2.02. The summed E-state index contributed by atoms with van der Waals surface area (Å²) in [6, 6.07) is 4.11. The Bertz CT molecular complexity index is 705. The minimum absolute atomic E-state index is 0.0253. The number of hydrogen-bond donors (Lipinski definition) is 1. The minimum Gasteiger partial charge on any atom is -0.461 e. The van der Waals surface area contributed by atoms with Gasteiger partial charge in [0.05, 0.1) is 11.5 Å². The smallest absolute Gasteiger partial charge is 0.233 e. The Kier molecular flexibility index (Phi) is 5.96. The molecule has 0 unspecified atom stereocenters. The number of thioether (sulfide) groups is 1. The molecule has 6 nitrogen and oxygen atoms in total. The van der Waals surface area contributed by atoms with Crippen LogP contribution in [0.4, 0.5) is 0 Å². The first-order valence-electron chi connectivity index (χ1n) is 8.74. The van der Waals surface area contributed by atoms with E-state index in [1.807, 2.05) is 19.1 Å². The Morgan fingerprint density at radius 2 is 2.28 bits per heavy atom. The molecule has 2 aromatic heterocycles. The van der Waals surface area contributed by atoms with Crippen LogP contribution in [0, 0.1) is 0 Å². The SMILES string of the molecule is C=CCNC(=O)[C@H](C)Sc1nnc(-c2ccco2)n1C1CCCCC1. The van der Waals surface area contributed by atoms with Crippen LogP contribution in [0.15, 0.2) is 40.6 Å². The number of carbonyl (C=O) groups excluding carboxylic acids is 1. The van der Waals surface area contributed by atoms with Crippen LogP contribution in [-0.4, -0.2) is 32.5 Å². The summed E-state index contributed by atoms with van der Waals surface area (Å²) < 4.78 is 7.71. The fraction of sp³-hybridized carbons (Fsp3) is 0.500. The zero-order chi connectivity index (χ0) is 17.6. The Balaban J connectivity index is 1.85. The Labute approximate surface area is 152 Å². The van der Waals surface area contributed by atoms with E-state index in [-0.39, 0.29) is 11.2 Å². The Morgan fingerprint density at radius 3 is 2.96 bits per heavy atom. The third-order valence-corrected chi connectivity index (χ3v) is 5.47. The first kappa shape index (κ1) is 17.8. The van der Waals surface area contributed by atoms with Crippen molar-refractivity contribution in [2.45, 2.75) is 55.5 Å². The third kappa shape index (κ3) is 4.15. The van der Waals surface area contributed by atoms with Crippen LogP contribution in [-0.2, 0) is 4.79 Å². The molecule has 3 rings (SSSR count). The van der Waals surface area contributed by atoms with Gasteiger partial charge in [-0.2, -0.15) is 0 Å². The van der Waals surface area contributed by atoms with Crippen molar-refractivity contribution in [3.63, 3.8) is 0 Å². The molecule has 134 valence electrons. The lowest BCUT2D eigenvalue weighted by molar-refractivity contribution is -0.120. The van der Waals surface area contributed by atoms with E-state index in [9.17, 15) is 4.79 Å². The van der Waals surface area contributed by atoms with Gasteiger partial charge in [0.2, 0.25) is 11.7 Å². The van der Waals surface area contributed by atoms with E-state index in [2.05, 4.69) is 26.7 Å². The number of aromatic nitrogens is 3. The number of amides is 1. The number of nitrogens with one attached hydrogen (secondary N) is 1. The van der Waals surface area contributed by atoms with Crippen molar-refractivity contribution < 1.29 is 9.21 Å². The molecular formula is C18H24N4O2S. The molecule has 1 aliphatic rings. The van der Waals surface area contributed by atoms with Crippen LogP contribution in [0.3, 0.4) is 0 Å². The van der Waals surface area contributed by atoms with E-state index in [0.717, 1.165) is 23.8 Å². The van der Waals surface area contributed by atoms with Gasteiger partial charge in [0.25, 0.3) is 0 Å². The van der Waals surface area contributed by atoms with Crippen molar-refractivity contribution in [3.05, 3.63) is 31.1 Å². The van der Waals surface area contributed by atoms with Gasteiger partial charge in [0, 0.05) is 12.6 Å². The van der Waals surface area contributed by atoms with Gasteiger partial charge in [-0.25, -0.2) is 0 Å². The van der Waals surface area contributed by atoms with Gasteiger partial charge in [-0.3, -0.25) is 9.36 Å². The average molecular weight is 360 g/mol. The molecule has 0 saturated heterocycles. The molecule has 0 bridgehead atoms. The summed E-state index contributed by atoms with van der Waals surface area (Å²) in [6.45, 7) is 5.98. The first-order chi connectivity index (χ1) is 12.2. The second-order valence-electron chi connectivity index (χ2n) is 6.24. The number of rotatable bonds is 7. The molecule has 2 aromatic rings. The molecule has 0 spiro atoms. The maximum absolute atomic E-state index is 12.2. The first-order valence-corrected chi connectivity index (χ1v) is 9.62. The molecule has 0 aromatic carbocycles. The third-order valence-electron chi connectivity index (χ3n) is 4.42. The van der Waals surface area contributed by atoms with Gasteiger partial charge in [-0.1, -0.05) is 37.1 Å². The molecule has 25 heavy (non-hydrogen) atoms. The lowest BCUT2D eigenvalue weighted by atomic mass is 9.95. The van der Waals surface area contributed by atoms with Crippen LogP contribution in [0.25, 0.3) is 11.6 Å². The molecule has 2 heterocycles. The molecule has 1 fully saturated rings. The summed E-state index contributed by atoms with van der Waals surface area (Å²) in [5, 5.41) is 12.1. The van der Waals surface area contributed by atoms with Crippen molar-refractivity contribution in [2.24, 2.45) is 0 Å². The molecule has 1 amide bonds. The van der Waals surface area contributed by atoms with Gasteiger partial charge in [-0.15, -0.1) is 16.8 Å². The maximum atomic E-state index is 12.2. The van der Waals surface area contributed by atoms with E-state index >= 15 is 0 Å². The van der Waals surface area contributed by atoms with Crippen molar-refractivity contribution in [1.29, 1.82) is 0 Å². The topological polar surface area (TPSA) is 73.0 Å². The van der Waals surface area contributed by atoms with Crippen LogP contribution < -0.4 is 5.32 Å². The second kappa shape index (κ2) is 8.38. The Morgan fingerprint density at radius 1 is 1.48 bits per heavy atom. The number of furan rings is 1. The second-order valence-corrected chi connectivity index (χ2v) is 7.55. The minimum atomic E-state index is -0.254. The summed E-state index contributed by atoms with van der Waals surface area (Å²) in [6.07, 6.45) is 9.23. The number of nitrogens with zero attached hydrogens (tertiary/aromatic N) is 3. The summed E-state index contributed by atoms with van der Waals surface area (Å²) in [5.74, 6) is 1.44. The summed E-state index contributed by atoms with van der Waals surface area (Å²) >= 11 is 1.44. The fourth-order valence-electron chi connectivity index (χ4n) is 3.13. The standard InChI is InChI=1S/C18H24N4O2S/c1-3-11-19-17(23)13(2)25-18-21-20-16(15-10-7-12-24-15)22(18)14-8-5-4-6-9-14/h3,7,10,12-14H,1,4-6,8-9,11H2,2H3,(H,19,23)/t13-/m0/s1. The zero-order valence-electron chi connectivity index (χ0n) is 14.5. The van der Waals surface area contributed by atoms with Crippen LogP contribution >= 0.6 is 11.8 Å². The lowest BCUT2D eigenvalue weighted by Crippen LogP contribution is -2.31. The molecule has 7 heteroatoms. The molecular weight excluding hydrogens is 336 g/mol. The highest BCUT2D eigenvalue weighted by atomic mass is 32.2. The van der Waals surface area contributed by atoms with Crippen molar-refractivity contribution in [2.75, 3.05) is 6.54 Å². The van der Waals surface area contributed by atoms with Gasteiger partial charge < -0.3 is 9.73 Å². The van der Waals surface area contributed by atoms with Gasteiger partial charge >= 0.3 is 0 Å². The monoisotopic (exact) mass is 360 g/mol. The van der Waals surface area contributed by atoms with Gasteiger partial charge in [-0.05, 0) is 31.9 Å². The van der Waals surface area contributed by atoms with Crippen molar-refractivity contribution in [1.82, 2.24) is 20.1 Å². The van der Waals surface area contributed by atoms with Crippen molar-refractivity contribution in [3.8, 4) is 11.6 Å². The van der Waals surface area contributed by atoms with Crippen LogP contribution in [0.1, 0.15) is 45.1 Å². The molecule has 1 N–H and O–H groups in total. The highest BCUT2D eigenvalue weighted by Crippen LogP contribution is 2.36. The zero-order valence-corrected chi connectivity index (χ0v) is 15.3. The molecule has 1 atom stereocenters. The largest absolute Gasteiger partial charge is 0.461 e. The van der Waals surface area contributed by atoms with Crippen LogP contribution in [0.2, 0.25) is 0 Å². The molecule has 1 saturated carbocycles. The summed E-state index contributed by atoms with van der Waals surface area (Å²) in [4.78, 5) is 12.2. The van der Waals surface area contributed by atoms with E-state index in [1.165, 1.54) is 31.0 Å². The van der Waals surface area contributed by atoms with E-state index in [0.29, 0.717) is 18.3 Å².